The van der Waals surface area contributed by atoms with Gasteiger partial charge in [0, 0.05) is 53.5 Å². The second-order valence-electron chi connectivity index (χ2n) is 22.7. The lowest BCUT2D eigenvalue weighted by atomic mass is 9.55. The summed E-state index contributed by atoms with van der Waals surface area (Å²) in [6.07, 6.45) is 0. The Morgan fingerprint density at radius 3 is 1.27 bits per heavy atom. The highest BCUT2D eigenvalue weighted by Gasteiger charge is 2.53. The molecule has 0 bridgehead atoms. The first-order valence-electron chi connectivity index (χ1n) is 27.9. The zero-order valence-electron chi connectivity index (χ0n) is 45.3. The number of hydrogen-bond acceptors (Lipinski definition) is 6. The smallest absolute Gasteiger partial charge is 0.159 e. The Labute approximate surface area is 479 Å². The van der Waals surface area contributed by atoms with Crippen LogP contribution in [0.15, 0.2) is 264 Å². The van der Waals surface area contributed by atoms with Gasteiger partial charge in [-0.2, -0.15) is 0 Å². The van der Waals surface area contributed by atoms with E-state index in [0.717, 1.165) is 76.6 Å². The highest BCUT2D eigenvalue weighted by molar-refractivity contribution is 7.20. The van der Waals surface area contributed by atoms with Crippen LogP contribution in [0.1, 0.15) is 71.5 Å². The van der Waals surface area contributed by atoms with Crippen molar-refractivity contribution in [3.05, 3.63) is 299 Å². The molecule has 0 unspecified atom stereocenters. The Kier molecular flexibility index (Phi) is 10.6. The van der Waals surface area contributed by atoms with Crippen LogP contribution >= 0.6 is 22.7 Å². The minimum atomic E-state index is -0.881. The molecule has 0 fully saturated rings. The molecule has 1 spiro atoms. The fourth-order valence-corrected chi connectivity index (χ4v) is 16.7. The van der Waals surface area contributed by atoms with Crippen molar-refractivity contribution in [3.63, 3.8) is 0 Å². The molecule has 0 atom stereocenters. The molecule has 14 aromatic rings. The molecule has 0 amide bonds. The topological polar surface area (TPSA) is 32.8 Å². The van der Waals surface area contributed by atoms with Crippen LogP contribution in [-0.4, -0.2) is 0 Å². The highest BCUT2D eigenvalue weighted by atomic mass is 32.1. The van der Waals surface area contributed by atoms with Crippen molar-refractivity contribution in [3.8, 4) is 21.6 Å². The Morgan fingerprint density at radius 1 is 0.321 bits per heavy atom. The summed E-state index contributed by atoms with van der Waals surface area (Å²) >= 11 is 3.78. The number of hydrogen-bond donors (Lipinski definition) is 0. The van der Waals surface area contributed by atoms with Crippen LogP contribution in [0.2, 0.25) is 0 Å². The molecule has 0 saturated heterocycles. The van der Waals surface area contributed by atoms with Crippen LogP contribution in [0.3, 0.4) is 0 Å². The third-order valence-electron chi connectivity index (χ3n) is 17.6. The first-order valence-corrected chi connectivity index (χ1v) is 29.5. The Balaban J connectivity index is 1.09. The molecule has 4 heterocycles. The SMILES string of the molecule is CC1(C)c2ccccc2-c2cc(N(c3ccccc3)c3cccc4c3oc3ccccc34)sc2C2(c3ccccc3C(C)(C)c3ccccc32)c2cc(N(c3ccccc3)c3cccc4c3oc3ccccc34)sc2-c2ccccc21. The number of furan rings is 2. The zero-order chi connectivity index (χ0) is 54.2. The molecule has 16 rings (SSSR count). The summed E-state index contributed by atoms with van der Waals surface area (Å²) in [7, 11) is 0. The average Bonchev–Trinajstić information content (AvgIpc) is 2.82. The van der Waals surface area contributed by atoms with Gasteiger partial charge >= 0.3 is 0 Å². The van der Waals surface area contributed by atoms with E-state index in [2.05, 4.69) is 292 Å². The monoisotopic (exact) mass is 1080 g/mol. The van der Waals surface area contributed by atoms with Crippen molar-refractivity contribution < 1.29 is 8.83 Å². The van der Waals surface area contributed by atoms with Gasteiger partial charge in [0.25, 0.3) is 0 Å². The predicted molar refractivity (Wildman–Crippen MR) is 340 cm³/mol. The van der Waals surface area contributed by atoms with E-state index in [0.29, 0.717) is 0 Å². The number of fused-ring (bicyclic) bond motifs is 18. The van der Waals surface area contributed by atoms with Gasteiger partial charge in [-0.1, -0.05) is 222 Å². The molecule has 0 aliphatic heterocycles. The number of rotatable bonds is 6. The van der Waals surface area contributed by atoms with Gasteiger partial charge in [0.05, 0.1) is 16.8 Å². The van der Waals surface area contributed by atoms with Gasteiger partial charge in [-0.3, -0.25) is 9.80 Å². The standard InChI is InChI=1S/C75H54N2O2S2/c1-73(2)56-35-15-11-29-49(56)55-45-67(76(47-25-7-5-8-26-47)63-41-23-33-52-50-30-13-21-43-65(50)78-69(52)63)81-72(55)75(60-39-19-17-37-58(60)74(3,4)59-38-18-20-40-61(59)75)62-46-68(80-71(62)54-32-12-16-36-57(54)73)77(48-27-9-6-10-28-48)64-42-24-34-53-51-31-14-22-44-66(51)79-70(53)64/h5-46H,1-4H3. The van der Waals surface area contributed by atoms with Crippen LogP contribution in [0.5, 0.6) is 0 Å². The normalized spacial score (nSPS) is 14.5. The second-order valence-corrected chi connectivity index (χ2v) is 24.7. The fraction of sp³-hybridized carbons (Fsp3) is 0.0933. The van der Waals surface area contributed by atoms with E-state index in [1.54, 1.807) is 0 Å². The summed E-state index contributed by atoms with van der Waals surface area (Å²) < 4.78 is 13.9. The maximum Gasteiger partial charge on any atom is 0.159 e. The van der Waals surface area contributed by atoms with Gasteiger partial charge in [0.2, 0.25) is 0 Å². The van der Waals surface area contributed by atoms with Gasteiger partial charge in [0.15, 0.2) is 11.2 Å². The summed E-state index contributed by atoms with van der Waals surface area (Å²) in [6, 6.07) is 94.0. The molecule has 0 saturated carbocycles. The van der Waals surface area contributed by atoms with Crippen molar-refractivity contribution in [2.45, 2.75) is 43.9 Å². The minimum Gasteiger partial charge on any atom is -0.454 e. The van der Waals surface area contributed by atoms with E-state index < -0.39 is 10.8 Å². The maximum atomic E-state index is 6.97. The average molecular weight is 1080 g/mol. The van der Waals surface area contributed by atoms with E-state index in [-0.39, 0.29) is 5.41 Å². The van der Waals surface area contributed by atoms with Crippen molar-refractivity contribution in [2.75, 3.05) is 9.80 Å². The summed E-state index contributed by atoms with van der Waals surface area (Å²) in [5, 5.41) is 6.54. The van der Waals surface area contributed by atoms with E-state index >= 15 is 0 Å². The quantitative estimate of drug-likeness (QED) is 0.166. The second kappa shape index (κ2) is 17.9. The molecule has 0 N–H and O–H groups in total. The third-order valence-corrected chi connectivity index (χ3v) is 20.0. The lowest BCUT2D eigenvalue weighted by Crippen LogP contribution is -2.42. The summed E-state index contributed by atoms with van der Waals surface area (Å²) in [5.74, 6) is 0. The largest absolute Gasteiger partial charge is 0.454 e. The molecule has 81 heavy (non-hydrogen) atoms. The summed E-state index contributed by atoms with van der Waals surface area (Å²) in [6.45, 7) is 9.69. The van der Waals surface area contributed by atoms with Gasteiger partial charge in [-0.25, -0.2) is 0 Å². The molecule has 4 aromatic heterocycles. The fourth-order valence-electron chi connectivity index (χ4n) is 14.0. The van der Waals surface area contributed by atoms with E-state index in [1.165, 1.54) is 65.4 Å². The van der Waals surface area contributed by atoms with Gasteiger partial charge in [-0.05, 0) is 116 Å². The van der Waals surface area contributed by atoms with Gasteiger partial charge in [0.1, 0.15) is 21.2 Å². The lowest BCUT2D eigenvalue weighted by Gasteiger charge is -2.48. The van der Waals surface area contributed by atoms with Gasteiger partial charge in [-0.15, -0.1) is 22.7 Å². The van der Waals surface area contributed by atoms with Crippen molar-refractivity contribution >= 4 is 99.3 Å². The van der Waals surface area contributed by atoms with Crippen molar-refractivity contribution in [1.82, 2.24) is 0 Å². The van der Waals surface area contributed by atoms with Crippen molar-refractivity contribution in [1.29, 1.82) is 0 Å². The van der Waals surface area contributed by atoms with E-state index in [9.17, 15) is 0 Å². The highest BCUT2D eigenvalue weighted by Crippen LogP contribution is 2.65. The van der Waals surface area contributed by atoms with Crippen LogP contribution in [0.25, 0.3) is 65.4 Å². The Hall–Kier alpha value is -9.20. The number of anilines is 6. The molecular weight excluding hydrogens is 1020 g/mol. The molecule has 10 aromatic carbocycles. The number of para-hydroxylation sites is 6. The number of benzene rings is 10. The zero-order valence-corrected chi connectivity index (χ0v) is 46.9. The van der Waals surface area contributed by atoms with Crippen LogP contribution in [0.4, 0.5) is 32.8 Å². The minimum absolute atomic E-state index is 0.342. The van der Waals surface area contributed by atoms with E-state index in [4.69, 9.17) is 8.83 Å². The Bertz CT molecular complexity index is 4500. The molecular formula is C75H54N2O2S2. The van der Waals surface area contributed by atoms with Gasteiger partial charge < -0.3 is 8.83 Å². The predicted octanol–water partition coefficient (Wildman–Crippen LogP) is 21.5. The lowest BCUT2D eigenvalue weighted by molar-refractivity contribution is 0.563. The first kappa shape index (κ1) is 47.8. The number of nitrogens with zero attached hydrogens (tertiary/aromatic N) is 2. The molecule has 388 valence electrons. The van der Waals surface area contributed by atoms with E-state index in [1.807, 2.05) is 22.7 Å². The van der Waals surface area contributed by atoms with Crippen molar-refractivity contribution in [2.24, 2.45) is 0 Å². The summed E-state index contributed by atoms with van der Waals surface area (Å²) in [4.78, 5) is 7.38. The molecule has 2 aliphatic rings. The molecule has 4 nitrogen and oxygen atoms in total. The molecule has 6 heteroatoms. The molecule has 0 radical (unpaired) electrons. The van der Waals surface area contributed by atoms with Crippen LogP contribution in [0, 0.1) is 0 Å². The first-order chi connectivity index (χ1) is 39.7. The Morgan fingerprint density at radius 2 is 0.728 bits per heavy atom. The summed E-state index contributed by atoms with van der Waals surface area (Å²) in [5.41, 5.74) is 18.4. The maximum absolute atomic E-state index is 6.97. The van der Waals surface area contributed by atoms with Crippen LogP contribution in [-0.2, 0) is 16.2 Å². The van der Waals surface area contributed by atoms with Crippen LogP contribution < -0.4 is 9.80 Å². The molecule has 2 aliphatic carbocycles. The number of thiophene rings is 2. The third kappa shape index (κ3) is 6.87.